The number of hydrogen-bond acceptors (Lipinski definition) is 6. The molecule has 0 fully saturated rings. The molecule has 0 atom stereocenters. The first kappa shape index (κ1) is 24.5. The summed E-state index contributed by atoms with van der Waals surface area (Å²) in [4.78, 5) is 4.05. The number of aromatic nitrogens is 4. The van der Waals surface area contributed by atoms with Gasteiger partial charge in [-0.1, -0.05) is 29.3 Å². The van der Waals surface area contributed by atoms with E-state index < -0.39 is 0 Å². The molecule has 0 spiro atoms. The molecule has 0 aliphatic heterocycles. The second-order valence-corrected chi connectivity index (χ2v) is 9.21. The van der Waals surface area contributed by atoms with Crippen molar-refractivity contribution in [3.63, 3.8) is 0 Å². The van der Waals surface area contributed by atoms with Gasteiger partial charge in [0.15, 0.2) is 17.3 Å². The number of halogens is 3. The maximum atomic E-state index is 6.28. The third kappa shape index (κ3) is 5.72. The minimum Gasteiger partial charge on any atom is -0.490 e. The molecule has 2 heterocycles. The van der Waals surface area contributed by atoms with Crippen LogP contribution in [-0.4, -0.2) is 26.5 Å². The van der Waals surface area contributed by atoms with Crippen LogP contribution >= 0.6 is 51.3 Å². The summed E-state index contributed by atoms with van der Waals surface area (Å²) in [7, 11) is 0. The van der Waals surface area contributed by atoms with Crippen molar-refractivity contribution in [2.24, 2.45) is 0 Å². The summed E-state index contributed by atoms with van der Waals surface area (Å²) in [5.41, 5.74) is 5.98. The number of pyridine rings is 1. The number of nitrogens with one attached hydrogen (secondary N) is 2. The minimum absolute atomic E-state index is 0.270. The number of aromatic amines is 1. The highest BCUT2D eigenvalue weighted by atomic mass is 79.9. The predicted octanol–water partition coefficient (Wildman–Crippen LogP) is 6.79. The minimum atomic E-state index is 0.270. The maximum Gasteiger partial charge on any atom is 0.214 e. The van der Waals surface area contributed by atoms with Crippen LogP contribution in [0, 0.1) is 4.77 Å². The lowest BCUT2D eigenvalue weighted by molar-refractivity contribution is 0.267. The summed E-state index contributed by atoms with van der Waals surface area (Å²) >= 11 is 21.3. The van der Waals surface area contributed by atoms with Gasteiger partial charge in [0.2, 0.25) is 4.77 Å². The Morgan fingerprint density at radius 2 is 1.91 bits per heavy atom. The zero-order valence-electron chi connectivity index (χ0n) is 18.0. The van der Waals surface area contributed by atoms with Gasteiger partial charge in [0.25, 0.3) is 0 Å². The average molecular weight is 581 g/mol. The van der Waals surface area contributed by atoms with Crippen molar-refractivity contribution in [1.82, 2.24) is 19.9 Å². The highest BCUT2D eigenvalue weighted by molar-refractivity contribution is 9.10. The molecule has 7 nitrogen and oxygen atoms in total. The molecule has 0 saturated heterocycles. The zero-order chi connectivity index (χ0) is 24.1. The summed E-state index contributed by atoms with van der Waals surface area (Å²) < 4.78 is 14.9. The van der Waals surface area contributed by atoms with Crippen molar-refractivity contribution in [3.8, 4) is 22.9 Å². The molecular formula is C23H20BrCl2N5O2S. The topological polar surface area (TPSA) is 77.0 Å². The van der Waals surface area contributed by atoms with Crippen molar-refractivity contribution < 1.29 is 9.47 Å². The molecule has 4 rings (SSSR count). The Bertz CT molecular complexity index is 1350. The van der Waals surface area contributed by atoms with Gasteiger partial charge in [-0.25, -0.2) is 9.77 Å². The molecule has 0 aliphatic carbocycles. The van der Waals surface area contributed by atoms with Crippen molar-refractivity contribution in [3.05, 3.63) is 85.3 Å². The van der Waals surface area contributed by atoms with Crippen molar-refractivity contribution in [1.29, 1.82) is 0 Å². The van der Waals surface area contributed by atoms with Crippen LogP contribution < -0.4 is 14.9 Å². The van der Waals surface area contributed by atoms with Crippen LogP contribution in [-0.2, 0) is 13.2 Å². The van der Waals surface area contributed by atoms with Gasteiger partial charge in [-0.2, -0.15) is 5.10 Å². The summed E-state index contributed by atoms with van der Waals surface area (Å²) in [6.07, 6.45) is 3.41. The molecule has 0 bridgehead atoms. The Kier molecular flexibility index (Phi) is 8.10. The number of hydrogen-bond donors (Lipinski definition) is 2. The number of ether oxygens (including phenoxy) is 2. The number of rotatable bonds is 9. The van der Waals surface area contributed by atoms with Gasteiger partial charge in [0.1, 0.15) is 6.61 Å². The van der Waals surface area contributed by atoms with E-state index in [0.717, 1.165) is 21.2 Å². The summed E-state index contributed by atoms with van der Waals surface area (Å²) in [5.74, 6) is 1.87. The van der Waals surface area contributed by atoms with Gasteiger partial charge in [-0.15, -0.1) is 0 Å². The highest BCUT2D eigenvalue weighted by Crippen LogP contribution is 2.38. The zero-order valence-corrected chi connectivity index (χ0v) is 21.9. The molecular weight excluding hydrogens is 561 g/mol. The molecule has 0 saturated carbocycles. The molecule has 0 radical (unpaired) electrons. The Hall–Kier alpha value is -2.59. The van der Waals surface area contributed by atoms with Gasteiger partial charge >= 0.3 is 0 Å². The van der Waals surface area contributed by atoms with E-state index in [1.165, 1.54) is 0 Å². The van der Waals surface area contributed by atoms with Gasteiger partial charge in [0.05, 0.1) is 17.6 Å². The average Bonchev–Trinajstić information content (AvgIpc) is 3.19. The van der Waals surface area contributed by atoms with Crippen LogP contribution in [0.15, 0.2) is 59.3 Å². The second kappa shape index (κ2) is 11.2. The Morgan fingerprint density at radius 3 is 2.65 bits per heavy atom. The van der Waals surface area contributed by atoms with Gasteiger partial charge in [-0.3, -0.25) is 4.98 Å². The summed E-state index contributed by atoms with van der Waals surface area (Å²) in [6.45, 7) is 3.14. The lowest BCUT2D eigenvalue weighted by atomic mass is 10.2. The van der Waals surface area contributed by atoms with Crippen LogP contribution in [0.1, 0.15) is 18.1 Å². The fourth-order valence-corrected chi connectivity index (χ4v) is 4.49. The van der Waals surface area contributed by atoms with Crippen LogP contribution in [0.4, 0.5) is 0 Å². The molecule has 0 unspecified atom stereocenters. The molecule has 4 aromatic rings. The predicted molar refractivity (Wildman–Crippen MR) is 140 cm³/mol. The number of nitrogens with zero attached hydrogens (tertiary/aromatic N) is 3. The van der Waals surface area contributed by atoms with E-state index in [1.54, 1.807) is 29.2 Å². The lowest BCUT2D eigenvalue weighted by Gasteiger charge is -2.17. The molecule has 0 amide bonds. The van der Waals surface area contributed by atoms with E-state index >= 15 is 0 Å². The Morgan fingerprint density at radius 1 is 1.12 bits per heavy atom. The van der Waals surface area contributed by atoms with Crippen LogP contribution in [0.25, 0.3) is 11.4 Å². The maximum absolute atomic E-state index is 6.28. The van der Waals surface area contributed by atoms with Gasteiger partial charge in [0, 0.05) is 33.6 Å². The van der Waals surface area contributed by atoms with Crippen molar-refractivity contribution in [2.75, 3.05) is 12.0 Å². The smallest absolute Gasteiger partial charge is 0.214 e. The monoisotopic (exact) mass is 579 g/mol. The molecule has 176 valence electrons. The van der Waals surface area contributed by atoms with Crippen LogP contribution in [0.2, 0.25) is 10.0 Å². The van der Waals surface area contributed by atoms with Crippen molar-refractivity contribution in [2.45, 2.75) is 20.1 Å². The van der Waals surface area contributed by atoms with E-state index in [2.05, 4.69) is 36.5 Å². The largest absolute Gasteiger partial charge is 0.490 e. The van der Waals surface area contributed by atoms with Crippen molar-refractivity contribution >= 4 is 51.3 Å². The van der Waals surface area contributed by atoms with E-state index in [1.807, 2.05) is 37.3 Å². The number of H-pyrrole nitrogens is 1. The van der Waals surface area contributed by atoms with E-state index in [4.69, 9.17) is 44.9 Å². The first-order chi connectivity index (χ1) is 16.5. The second-order valence-electron chi connectivity index (χ2n) is 7.12. The third-order valence-electron chi connectivity index (χ3n) is 4.81. The van der Waals surface area contributed by atoms with Gasteiger partial charge in [-0.05, 0) is 77.0 Å². The molecule has 2 N–H and O–H groups in total. The Balaban J connectivity index is 1.54. The summed E-state index contributed by atoms with van der Waals surface area (Å²) in [6, 6.07) is 12.9. The molecule has 34 heavy (non-hydrogen) atoms. The first-order valence-electron chi connectivity index (χ1n) is 10.3. The summed E-state index contributed by atoms with van der Waals surface area (Å²) in [5, 5.41) is 8.27. The SMILES string of the molecule is CCOc1cc(CNn2c(-c3ccncc3)n[nH]c2=S)cc(Br)c1OCc1ccc(Cl)cc1Cl. The first-order valence-corrected chi connectivity index (χ1v) is 12.3. The van der Waals surface area contributed by atoms with Gasteiger partial charge < -0.3 is 14.9 Å². The van der Waals surface area contributed by atoms with Crippen LogP contribution in [0.5, 0.6) is 11.5 Å². The molecule has 2 aromatic heterocycles. The third-order valence-corrected chi connectivity index (χ3v) is 6.26. The van der Waals surface area contributed by atoms with Crippen LogP contribution in [0.3, 0.4) is 0 Å². The normalized spacial score (nSPS) is 10.8. The molecule has 11 heteroatoms. The Labute approximate surface area is 220 Å². The molecule has 0 aliphatic rings. The fourth-order valence-electron chi connectivity index (χ4n) is 3.22. The van der Waals surface area contributed by atoms with E-state index in [0.29, 0.717) is 45.3 Å². The quantitative estimate of drug-likeness (QED) is 0.212. The standard InChI is InChI=1S/C23H20BrCl2N5O2S/c1-2-32-20-10-14(9-18(24)21(20)33-13-16-3-4-17(25)11-19(16)26)12-28-31-22(29-30-23(31)34)15-5-7-27-8-6-15/h3-11,28H,2,12-13H2,1H3,(H,30,34). The fraction of sp³-hybridized carbons (Fsp3) is 0.174. The lowest BCUT2D eigenvalue weighted by Crippen LogP contribution is -2.16. The molecule has 2 aromatic carbocycles. The van der Waals surface area contributed by atoms with E-state index in [9.17, 15) is 0 Å². The number of benzene rings is 2. The van der Waals surface area contributed by atoms with E-state index in [-0.39, 0.29) is 6.61 Å². The highest BCUT2D eigenvalue weighted by Gasteiger charge is 2.15.